The molecule has 54 heavy (non-hydrogen) atoms. The van der Waals surface area contributed by atoms with Gasteiger partial charge < -0.3 is 44.7 Å². The number of allylic oxidation sites excluding steroid dienone is 1. The van der Waals surface area contributed by atoms with Gasteiger partial charge in [0.25, 0.3) is 10.0 Å². The van der Waals surface area contributed by atoms with Crippen molar-refractivity contribution >= 4 is 28.0 Å². The minimum absolute atomic E-state index is 0. The van der Waals surface area contributed by atoms with Crippen molar-refractivity contribution in [3.05, 3.63) is 103 Å². The summed E-state index contributed by atoms with van der Waals surface area (Å²) < 4.78 is 63.4. The number of halogens is 2. The largest absolute Gasteiger partial charge is 1.00 e. The predicted molar refractivity (Wildman–Crippen MR) is 197 cm³/mol. The van der Waals surface area contributed by atoms with E-state index in [0.29, 0.717) is 29.9 Å². The second-order valence-corrected chi connectivity index (χ2v) is 15.4. The van der Waals surface area contributed by atoms with Gasteiger partial charge in [-0.1, -0.05) is 50.5 Å². The molecule has 2 aromatic heterocycles. The molecule has 2 fully saturated rings. The quantitative estimate of drug-likeness (QED) is 0.140. The molecule has 1 saturated heterocycles. The summed E-state index contributed by atoms with van der Waals surface area (Å²) in [4.78, 5) is 29.1. The molecule has 0 amide bonds. The van der Waals surface area contributed by atoms with Crippen LogP contribution in [0.1, 0.15) is 84.9 Å². The number of hydrogen-bond acceptors (Lipinski definition) is 9. The van der Waals surface area contributed by atoms with E-state index in [0.717, 1.165) is 48.9 Å². The van der Waals surface area contributed by atoms with Crippen LogP contribution in [0, 0.1) is 44.9 Å². The Hall–Kier alpha value is -4.22. The summed E-state index contributed by atoms with van der Waals surface area (Å²) in [5.74, 6) is -4.00. The predicted octanol–water partition coefficient (Wildman–Crippen LogP) is 4.45. The number of carboxylic acids is 1. The first kappa shape index (κ1) is 42.5. The van der Waals surface area contributed by atoms with Crippen molar-refractivity contribution in [3.8, 4) is 17.1 Å². The maximum atomic E-state index is 14.0. The Bertz CT molecular complexity index is 2070. The van der Waals surface area contributed by atoms with Gasteiger partial charge in [-0.25, -0.2) is 31.7 Å². The van der Waals surface area contributed by atoms with Crippen LogP contribution in [0.5, 0.6) is 5.88 Å². The molecule has 1 aliphatic carbocycles. The zero-order valence-electron chi connectivity index (χ0n) is 31.3. The van der Waals surface area contributed by atoms with Crippen LogP contribution in [0.3, 0.4) is 0 Å². The van der Waals surface area contributed by atoms with Crippen LogP contribution in [0.15, 0.2) is 59.6 Å². The Morgan fingerprint density at radius 3 is 2.48 bits per heavy atom. The Labute approximate surface area is 327 Å². The standard InChI is InChI=1S/C38H40F2N6O5S.CH3.Li/c1-23-8-6-13-29(31-21-41-27(20-42-31)14-15-38(16-17-38)37(4,39)40)43-32(23)22-51-33-19-30(34-24(2)9-5-10-25(34)3)44-36(45-33)46-52(49,50)28-12-7-11-26(18-28)35(47)48;;/h5,7,9-12,14,18-19,21,23,29,32,43H,6,8,13,16-17,22H2,1-4H3,(H,47,48)(H,44,45,46);1H3;/q-2;-1;+1/t23-,29+,32+;;/m1../s1. The van der Waals surface area contributed by atoms with Crippen LogP contribution in [-0.2, 0) is 10.0 Å². The average molecular weight is 753 g/mol. The number of nitrogens with one attached hydrogen (secondary N) is 2. The van der Waals surface area contributed by atoms with Gasteiger partial charge in [-0.2, -0.15) is 16.9 Å². The summed E-state index contributed by atoms with van der Waals surface area (Å²) in [5.41, 5.74) is 2.67. The fourth-order valence-corrected chi connectivity index (χ4v) is 7.42. The molecule has 3 N–H and O–H groups in total. The van der Waals surface area contributed by atoms with Gasteiger partial charge in [0.1, 0.15) is 6.61 Å². The van der Waals surface area contributed by atoms with E-state index in [2.05, 4.69) is 49.2 Å². The minimum Gasteiger partial charge on any atom is -0.478 e. The number of rotatable bonds is 12. The molecule has 15 heteroatoms. The molecule has 3 heterocycles. The van der Waals surface area contributed by atoms with Crippen LogP contribution in [-0.4, -0.2) is 58.0 Å². The zero-order chi connectivity index (χ0) is 37.3. The summed E-state index contributed by atoms with van der Waals surface area (Å²) in [6.07, 6.45) is 12.1. The molecule has 3 atom stereocenters. The third kappa shape index (κ3) is 9.71. The molecule has 1 saturated carbocycles. The van der Waals surface area contributed by atoms with Crippen LogP contribution < -0.4 is 33.6 Å². The summed E-state index contributed by atoms with van der Waals surface area (Å²) in [6.45, 7) is 7.08. The van der Waals surface area contributed by atoms with Crippen molar-refractivity contribution in [2.24, 2.45) is 11.3 Å². The van der Waals surface area contributed by atoms with Crippen LogP contribution in [0.25, 0.3) is 17.3 Å². The number of alkyl halides is 2. The number of carbonyl (C=O) groups is 1. The number of nitrogens with zero attached hydrogens (tertiary/aromatic N) is 4. The summed E-state index contributed by atoms with van der Waals surface area (Å²) in [6, 6.07) is 12.1. The van der Waals surface area contributed by atoms with Crippen molar-refractivity contribution in [1.82, 2.24) is 25.3 Å². The van der Waals surface area contributed by atoms with Crippen molar-refractivity contribution < 1.29 is 50.7 Å². The molecule has 2 aromatic carbocycles. The van der Waals surface area contributed by atoms with E-state index in [1.165, 1.54) is 24.3 Å². The van der Waals surface area contributed by atoms with Gasteiger partial charge in [0.2, 0.25) is 17.8 Å². The summed E-state index contributed by atoms with van der Waals surface area (Å²) >= 11 is 0. The third-order valence-corrected chi connectivity index (χ3v) is 11.1. The van der Waals surface area contributed by atoms with Crippen molar-refractivity contribution in [3.63, 3.8) is 0 Å². The Kier molecular flexibility index (Phi) is 13.4. The van der Waals surface area contributed by atoms with E-state index < -0.39 is 27.3 Å². The fraction of sp³-hybridized carbons (Fsp3) is 0.385. The van der Waals surface area contributed by atoms with Crippen LogP contribution in [0.2, 0.25) is 0 Å². The van der Waals surface area contributed by atoms with E-state index >= 15 is 0 Å². The number of hydrogen-bond donors (Lipinski definition) is 3. The smallest absolute Gasteiger partial charge is 0.478 e. The second-order valence-electron chi connectivity index (χ2n) is 13.7. The fourth-order valence-electron chi connectivity index (χ4n) is 6.43. The SMILES string of the molecule is Cc1cccc(C)c1-c1cc(OC[C@@H]2N[C@H](c3cnc(C=[C-]C4(C(C)(F)F)CC4)[c-]n3)CCC[C@H]2C)nc(NS(=O)(=O)c2cccc(C(=O)O)c2)n1.[CH3-].[Li+]. The molecule has 282 valence electrons. The molecule has 11 nitrogen and oxygen atoms in total. The molecule has 0 radical (unpaired) electrons. The first-order valence-electron chi connectivity index (χ1n) is 17.1. The van der Waals surface area contributed by atoms with E-state index in [1.54, 1.807) is 12.3 Å². The third-order valence-electron chi connectivity index (χ3n) is 9.79. The van der Waals surface area contributed by atoms with Crippen molar-refractivity contribution in [2.45, 2.75) is 82.7 Å². The molecule has 4 aromatic rings. The molecular weight excluding hydrogens is 709 g/mol. The summed E-state index contributed by atoms with van der Waals surface area (Å²) in [7, 11) is -4.27. The number of ether oxygens (including phenoxy) is 1. The van der Waals surface area contributed by atoms with Gasteiger partial charge >= 0.3 is 24.8 Å². The van der Waals surface area contributed by atoms with Gasteiger partial charge in [-0.05, 0) is 86.2 Å². The maximum absolute atomic E-state index is 14.0. The van der Waals surface area contributed by atoms with Gasteiger partial charge in [0.05, 0.1) is 16.2 Å². The maximum Gasteiger partial charge on any atom is 1.00 e. The topological polar surface area (TPSA) is 156 Å². The normalized spacial score (nSPS) is 19.6. The Balaban J connectivity index is 0.00000325. The van der Waals surface area contributed by atoms with E-state index in [9.17, 15) is 27.1 Å². The van der Waals surface area contributed by atoms with Crippen LogP contribution in [0.4, 0.5) is 14.7 Å². The summed E-state index contributed by atoms with van der Waals surface area (Å²) in [5, 5.41) is 13.0. The van der Waals surface area contributed by atoms with Gasteiger partial charge in [0, 0.05) is 23.7 Å². The molecule has 0 spiro atoms. The molecule has 0 unspecified atom stereocenters. The first-order valence-corrected chi connectivity index (χ1v) is 18.6. The molecule has 1 aliphatic heterocycles. The van der Waals surface area contributed by atoms with Crippen molar-refractivity contribution in [2.75, 3.05) is 11.3 Å². The number of anilines is 1. The van der Waals surface area contributed by atoms with Crippen LogP contribution >= 0.6 is 0 Å². The number of aromatic carboxylic acids is 1. The molecule has 0 bridgehead atoms. The first-order chi connectivity index (χ1) is 24.6. The van der Waals surface area contributed by atoms with Crippen molar-refractivity contribution in [1.29, 1.82) is 0 Å². The van der Waals surface area contributed by atoms with E-state index in [-0.39, 0.29) is 73.2 Å². The van der Waals surface area contributed by atoms with Gasteiger partial charge in [-0.15, -0.1) is 0 Å². The van der Waals surface area contributed by atoms with E-state index in [4.69, 9.17) is 4.74 Å². The number of sulfonamides is 1. The number of aryl methyl sites for hydroxylation is 2. The molecule has 2 aliphatic rings. The van der Waals surface area contributed by atoms with Gasteiger partial charge in [-0.3, -0.25) is 0 Å². The Morgan fingerprint density at radius 2 is 1.85 bits per heavy atom. The second kappa shape index (κ2) is 17.1. The van der Waals surface area contributed by atoms with E-state index in [1.807, 2.05) is 32.0 Å². The Morgan fingerprint density at radius 1 is 1.15 bits per heavy atom. The number of carboxylic acid groups (broad SMARTS) is 1. The minimum atomic E-state index is -4.27. The zero-order valence-corrected chi connectivity index (χ0v) is 32.1. The average Bonchev–Trinajstić information content (AvgIpc) is 3.92. The number of benzene rings is 2. The number of aromatic nitrogens is 4. The monoisotopic (exact) mass is 752 g/mol. The van der Waals surface area contributed by atoms with Gasteiger partial charge in [0.15, 0.2) is 0 Å². The molecular formula is C39H43F2LiN6O5S-2. The molecule has 6 rings (SSSR count).